The van der Waals surface area contributed by atoms with Gasteiger partial charge >= 0.3 is 6.03 Å². The van der Waals surface area contributed by atoms with Gasteiger partial charge in [0.15, 0.2) is 0 Å². The van der Waals surface area contributed by atoms with Crippen LogP contribution in [0.5, 0.6) is 0 Å². The van der Waals surface area contributed by atoms with Crippen molar-refractivity contribution in [3.8, 4) is 0 Å². The molecule has 26 heavy (non-hydrogen) atoms. The number of para-hydroxylation sites is 1. The fraction of sp³-hybridized carbons (Fsp3) is 0.0526. The lowest BCUT2D eigenvalue weighted by molar-refractivity contribution is 0.256. The van der Waals surface area contributed by atoms with Gasteiger partial charge in [-0.1, -0.05) is 24.3 Å². The maximum Gasteiger partial charge on any atom is 0.323 e. The fourth-order valence-corrected chi connectivity index (χ4v) is 2.98. The third-order valence-electron chi connectivity index (χ3n) is 4.21. The summed E-state index contributed by atoms with van der Waals surface area (Å²) in [5.41, 5.74) is 14.9. The lowest BCUT2D eigenvalue weighted by atomic mass is 10.1. The molecule has 130 valence electrons. The summed E-state index contributed by atoms with van der Waals surface area (Å²) >= 11 is 0. The van der Waals surface area contributed by atoms with Crippen molar-refractivity contribution in [2.75, 3.05) is 9.80 Å². The average molecular weight is 347 g/mol. The molecule has 1 aliphatic rings. The van der Waals surface area contributed by atoms with Crippen LogP contribution in [0.15, 0.2) is 76.3 Å². The first kappa shape index (κ1) is 15.9. The van der Waals surface area contributed by atoms with E-state index in [1.807, 2.05) is 59.5 Å². The van der Waals surface area contributed by atoms with Crippen LogP contribution >= 0.6 is 0 Å². The number of anilines is 3. The predicted octanol–water partition coefficient (Wildman–Crippen LogP) is 3.63. The number of rotatable bonds is 3. The zero-order valence-corrected chi connectivity index (χ0v) is 13.8. The number of amides is 2. The van der Waals surface area contributed by atoms with Crippen LogP contribution in [0.4, 0.5) is 27.7 Å². The van der Waals surface area contributed by atoms with Crippen molar-refractivity contribution in [2.45, 2.75) is 6.17 Å². The summed E-state index contributed by atoms with van der Waals surface area (Å²) in [5.74, 6) is 0.507. The lowest BCUT2D eigenvalue weighted by Gasteiger charge is -2.30. The number of benzene rings is 2. The van der Waals surface area contributed by atoms with Crippen LogP contribution in [-0.4, -0.2) is 12.4 Å². The highest BCUT2D eigenvalue weighted by molar-refractivity contribution is 5.99. The van der Waals surface area contributed by atoms with Crippen molar-refractivity contribution in [3.63, 3.8) is 0 Å². The third-order valence-corrected chi connectivity index (χ3v) is 4.21. The highest BCUT2D eigenvalue weighted by Gasteiger charge is 2.25. The molecule has 4 rings (SSSR count). The molecule has 0 radical (unpaired) electrons. The zero-order chi connectivity index (χ0) is 18.1. The monoisotopic (exact) mass is 347 g/mol. The molecule has 1 aromatic heterocycles. The van der Waals surface area contributed by atoms with E-state index in [9.17, 15) is 4.79 Å². The number of carbonyl (C=O) groups excluding carboxylic acids is 1. The number of carbonyl (C=O) groups is 1. The Labute approximate surface area is 150 Å². The van der Waals surface area contributed by atoms with Gasteiger partial charge in [0.2, 0.25) is 5.88 Å². The minimum Gasteiger partial charge on any atom is -0.446 e. The van der Waals surface area contributed by atoms with Gasteiger partial charge in [-0.05, 0) is 36.4 Å². The first-order valence-corrected chi connectivity index (χ1v) is 8.05. The van der Waals surface area contributed by atoms with Crippen LogP contribution in [0.25, 0.3) is 0 Å². The van der Waals surface area contributed by atoms with Crippen molar-refractivity contribution in [2.24, 2.45) is 16.5 Å². The number of primary amides is 1. The molecule has 7 heteroatoms. The molecule has 2 amide bonds. The summed E-state index contributed by atoms with van der Waals surface area (Å²) in [5, 5.41) is 0. The van der Waals surface area contributed by atoms with E-state index in [0.717, 1.165) is 11.3 Å². The number of aliphatic imine (C=N–C) groups is 1. The van der Waals surface area contributed by atoms with Gasteiger partial charge in [-0.3, -0.25) is 4.90 Å². The van der Waals surface area contributed by atoms with Gasteiger partial charge < -0.3 is 20.8 Å². The Morgan fingerprint density at radius 3 is 2.62 bits per heavy atom. The fourth-order valence-electron chi connectivity index (χ4n) is 2.98. The van der Waals surface area contributed by atoms with Crippen molar-refractivity contribution < 1.29 is 9.21 Å². The summed E-state index contributed by atoms with van der Waals surface area (Å²) in [7, 11) is 0. The number of nitrogens with two attached hydrogens (primary N) is 2. The van der Waals surface area contributed by atoms with Gasteiger partial charge in [0.1, 0.15) is 12.5 Å². The highest BCUT2D eigenvalue weighted by atomic mass is 16.3. The molecule has 0 saturated carbocycles. The summed E-state index contributed by atoms with van der Waals surface area (Å²) in [4.78, 5) is 19.6. The molecule has 0 saturated heterocycles. The molecule has 1 unspecified atom stereocenters. The Balaban J connectivity index is 1.72. The maximum absolute atomic E-state index is 12.1. The van der Waals surface area contributed by atoms with Crippen LogP contribution in [0.3, 0.4) is 0 Å². The molecule has 2 heterocycles. The van der Waals surface area contributed by atoms with Crippen molar-refractivity contribution >= 4 is 35.3 Å². The maximum atomic E-state index is 12.1. The molecule has 4 N–H and O–H groups in total. The number of urea groups is 1. The van der Waals surface area contributed by atoms with E-state index in [4.69, 9.17) is 15.9 Å². The first-order chi connectivity index (χ1) is 12.6. The highest BCUT2D eigenvalue weighted by Crippen LogP contribution is 2.35. The Hall–Kier alpha value is -3.58. The van der Waals surface area contributed by atoms with E-state index >= 15 is 0 Å². The second-order valence-electron chi connectivity index (χ2n) is 5.81. The van der Waals surface area contributed by atoms with Crippen molar-refractivity contribution in [1.82, 2.24) is 0 Å². The minimum absolute atomic E-state index is 0.435. The number of fused-ring (bicyclic) bond motifs is 1. The number of hydrogen-bond donors (Lipinski definition) is 2. The molecular weight excluding hydrogens is 330 g/mol. The quantitative estimate of drug-likeness (QED) is 0.755. The van der Waals surface area contributed by atoms with Gasteiger partial charge in [-0.15, -0.1) is 0 Å². The molecule has 0 aliphatic carbocycles. The van der Waals surface area contributed by atoms with Crippen LogP contribution in [0.2, 0.25) is 0 Å². The van der Waals surface area contributed by atoms with Gasteiger partial charge in [-0.2, -0.15) is 0 Å². The average Bonchev–Trinajstić information content (AvgIpc) is 3.13. The normalized spacial score (nSPS) is 15.6. The molecule has 0 bridgehead atoms. The standard InChI is InChI=1S/C19H17N5O2/c20-17-16-9-10-26-18(16)22-12-23(17)14-7-4-8-15(11-14)24(19(21)25)13-5-2-1-3-6-13/h1-12,17H,20H2,(H2,21,25). The van der Waals surface area contributed by atoms with Gasteiger partial charge in [0, 0.05) is 5.69 Å². The topological polar surface area (TPSA) is 101 Å². The van der Waals surface area contributed by atoms with Crippen molar-refractivity contribution in [1.29, 1.82) is 0 Å². The Morgan fingerprint density at radius 2 is 1.85 bits per heavy atom. The van der Waals surface area contributed by atoms with E-state index in [0.29, 0.717) is 17.3 Å². The van der Waals surface area contributed by atoms with Gasteiger partial charge in [0.05, 0.1) is 23.2 Å². The molecule has 0 spiro atoms. The van der Waals surface area contributed by atoms with Crippen molar-refractivity contribution in [3.05, 3.63) is 72.5 Å². The number of nitrogens with zero attached hydrogens (tertiary/aromatic N) is 3. The SMILES string of the molecule is NC(=O)N(c1ccccc1)c1cccc(N2C=Nc3occc3C2N)c1. The summed E-state index contributed by atoms with van der Waals surface area (Å²) in [6.45, 7) is 0. The summed E-state index contributed by atoms with van der Waals surface area (Å²) in [6.07, 6.45) is 2.74. The summed E-state index contributed by atoms with van der Waals surface area (Å²) < 4.78 is 5.29. The zero-order valence-electron chi connectivity index (χ0n) is 13.8. The Kier molecular flexibility index (Phi) is 3.91. The van der Waals surface area contributed by atoms with Crippen LogP contribution < -0.4 is 21.3 Å². The van der Waals surface area contributed by atoms with E-state index < -0.39 is 12.2 Å². The summed E-state index contributed by atoms with van der Waals surface area (Å²) in [6, 6.07) is 17.9. The predicted molar refractivity (Wildman–Crippen MR) is 101 cm³/mol. The lowest BCUT2D eigenvalue weighted by Crippen LogP contribution is -2.35. The molecule has 1 aliphatic heterocycles. The number of hydrogen-bond acceptors (Lipinski definition) is 5. The number of furan rings is 1. The van der Waals surface area contributed by atoms with E-state index in [-0.39, 0.29) is 0 Å². The smallest absolute Gasteiger partial charge is 0.323 e. The Morgan fingerprint density at radius 1 is 1.08 bits per heavy atom. The van der Waals surface area contributed by atoms with Gasteiger partial charge in [0.25, 0.3) is 0 Å². The van der Waals surface area contributed by atoms with Crippen LogP contribution in [0, 0.1) is 0 Å². The largest absolute Gasteiger partial charge is 0.446 e. The van der Waals surface area contributed by atoms with E-state index in [2.05, 4.69) is 4.99 Å². The molecule has 0 fully saturated rings. The van der Waals surface area contributed by atoms with Gasteiger partial charge in [-0.25, -0.2) is 9.79 Å². The van der Waals surface area contributed by atoms with Crippen LogP contribution in [-0.2, 0) is 0 Å². The van der Waals surface area contributed by atoms with E-state index in [1.54, 1.807) is 18.7 Å². The third kappa shape index (κ3) is 2.70. The molecule has 3 aromatic rings. The molecule has 2 aromatic carbocycles. The second kappa shape index (κ2) is 6.38. The van der Waals surface area contributed by atoms with E-state index in [1.165, 1.54) is 4.90 Å². The second-order valence-corrected chi connectivity index (χ2v) is 5.81. The van der Waals surface area contributed by atoms with Crippen LogP contribution in [0.1, 0.15) is 11.7 Å². The minimum atomic E-state index is -0.568. The first-order valence-electron chi connectivity index (χ1n) is 8.05. The molecule has 7 nitrogen and oxygen atoms in total. The molecule has 1 atom stereocenters. The Bertz CT molecular complexity index is 967. The molecular formula is C19H17N5O2.